The van der Waals surface area contributed by atoms with Crippen LogP contribution in [0.25, 0.3) is 0 Å². The first kappa shape index (κ1) is 12.4. The van der Waals surface area contributed by atoms with E-state index in [-0.39, 0.29) is 10.7 Å². The van der Waals surface area contributed by atoms with Crippen molar-refractivity contribution in [2.45, 2.75) is 4.90 Å². The fourth-order valence-corrected chi connectivity index (χ4v) is 2.43. The maximum absolute atomic E-state index is 12.1. The van der Waals surface area contributed by atoms with Gasteiger partial charge in [-0.2, -0.15) is 0 Å². The maximum Gasteiger partial charge on any atom is 0.263 e. The first-order chi connectivity index (χ1) is 8.62. The number of hydrogen-bond acceptors (Lipinski definition) is 4. The van der Waals surface area contributed by atoms with Crippen LogP contribution in [0.4, 0.5) is 5.82 Å². The monoisotopic (exact) mass is 264 g/mol. The Morgan fingerprint density at radius 1 is 1.17 bits per heavy atom. The number of aromatic nitrogens is 1. The van der Waals surface area contributed by atoms with E-state index in [2.05, 4.69) is 9.71 Å². The van der Waals surface area contributed by atoms with Crippen LogP contribution in [0.2, 0.25) is 0 Å². The standard InChI is InChI=1S/C12H12N2O3S/c1-17-10-5-4-6-11(9-10)18(15,16)14-12-7-2-3-8-13-12/h2-9H,1H3,(H,13,14). The highest BCUT2D eigenvalue weighted by Gasteiger charge is 2.15. The van der Waals surface area contributed by atoms with E-state index in [9.17, 15) is 8.42 Å². The number of pyridine rings is 1. The molecule has 18 heavy (non-hydrogen) atoms. The molecule has 0 radical (unpaired) electrons. The molecular weight excluding hydrogens is 252 g/mol. The Morgan fingerprint density at radius 2 is 2.00 bits per heavy atom. The molecular formula is C12H12N2O3S. The van der Waals surface area contributed by atoms with E-state index in [4.69, 9.17) is 4.74 Å². The molecule has 6 heteroatoms. The summed E-state index contributed by atoms with van der Waals surface area (Å²) in [4.78, 5) is 4.04. The van der Waals surface area contributed by atoms with Gasteiger partial charge in [0, 0.05) is 12.3 Å². The summed E-state index contributed by atoms with van der Waals surface area (Å²) in [6, 6.07) is 11.2. The highest BCUT2D eigenvalue weighted by atomic mass is 32.2. The summed E-state index contributed by atoms with van der Waals surface area (Å²) >= 11 is 0. The van der Waals surface area contributed by atoms with Crippen LogP contribution in [-0.2, 0) is 10.0 Å². The quantitative estimate of drug-likeness (QED) is 0.915. The van der Waals surface area contributed by atoms with Gasteiger partial charge in [-0.15, -0.1) is 0 Å². The first-order valence-corrected chi connectivity index (χ1v) is 6.68. The summed E-state index contributed by atoms with van der Waals surface area (Å²) in [6.45, 7) is 0. The highest BCUT2D eigenvalue weighted by molar-refractivity contribution is 7.92. The number of methoxy groups -OCH3 is 1. The van der Waals surface area contributed by atoms with Crippen LogP contribution >= 0.6 is 0 Å². The van der Waals surface area contributed by atoms with Gasteiger partial charge in [0.1, 0.15) is 11.6 Å². The molecule has 0 amide bonds. The summed E-state index contributed by atoms with van der Waals surface area (Å²) in [7, 11) is -2.15. The van der Waals surface area contributed by atoms with Gasteiger partial charge in [0.15, 0.2) is 0 Å². The predicted octanol–water partition coefficient (Wildman–Crippen LogP) is 1.89. The van der Waals surface area contributed by atoms with Crippen LogP contribution in [0, 0.1) is 0 Å². The normalized spacial score (nSPS) is 10.9. The van der Waals surface area contributed by atoms with Crippen LogP contribution in [0.3, 0.4) is 0 Å². The summed E-state index contributed by atoms with van der Waals surface area (Å²) in [5, 5.41) is 0. The molecule has 0 aliphatic heterocycles. The Morgan fingerprint density at radius 3 is 2.67 bits per heavy atom. The molecule has 5 nitrogen and oxygen atoms in total. The molecule has 0 saturated carbocycles. The second kappa shape index (κ2) is 5.05. The molecule has 94 valence electrons. The SMILES string of the molecule is COc1cccc(S(=O)(=O)Nc2ccccn2)c1. The smallest absolute Gasteiger partial charge is 0.263 e. The largest absolute Gasteiger partial charge is 0.497 e. The molecule has 0 atom stereocenters. The van der Waals surface area contributed by atoms with Crippen molar-refractivity contribution in [2.75, 3.05) is 11.8 Å². The lowest BCUT2D eigenvalue weighted by molar-refractivity contribution is 0.413. The first-order valence-electron chi connectivity index (χ1n) is 5.20. The number of benzene rings is 1. The molecule has 0 fully saturated rings. The van der Waals surface area contributed by atoms with E-state index in [1.165, 1.54) is 25.4 Å². The minimum Gasteiger partial charge on any atom is -0.497 e. The van der Waals surface area contributed by atoms with Gasteiger partial charge in [-0.1, -0.05) is 12.1 Å². The van der Waals surface area contributed by atoms with E-state index in [1.54, 1.807) is 30.3 Å². The number of ether oxygens (including phenoxy) is 1. The minimum atomic E-state index is -3.64. The molecule has 0 unspecified atom stereocenters. The topological polar surface area (TPSA) is 68.3 Å². The molecule has 0 saturated heterocycles. The Bertz CT molecular complexity index is 627. The van der Waals surface area contributed by atoms with Gasteiger partial charge in [0.25, 0.3) is 10.0 Å². The van der Waals surface area contributed by atoms with Gasteiger partial charge in [0.2, 0.25) is 0 Å². The number of nitrogens with one attached hydrogen (secondary N) is 1. The number of rotatable bonds is 4. The lowest BCUT2D eigenvalue weighted by atomic mass is 10.3. The summed E-state index contributed by atoms with van der Waals surface area (Å²) < 4.78 is 31.5. The molecule has 0 bridgehead atoms. The zero-order valence-electron chi connectivity index (χ0n) is 9.70. The number of hydrogen-bond donors (Lipinski definition) is 1. The summed E-state index contributed by atoms with van der Waals surface area (Å²) in [5.41, 5.74) is 0. The number of anilines is 1. The molecule has 2 rings (SSSR count). The molecule has 1 N–H and O–H groups in total. The van der Waals surface area contributed by atoms with Crippen molar-refractivity contribution in [1.82, 2.24) is 4.98 Å². The lowest BCUT2D eigenvalue weighted by Crippen LogP contribution is -2.13. The third-order valence-corrected chi connectivity index (χ3v) is 3.61. The minimum absolute atomic E-state index is 0.132. The van der Waals surface area contributed by atoms with Gasteiger partial charge in [0.05, 0.1) is 12.0 Å². The maximum atomic E-state index is 12.1. The number of nitrogens with zero attached hydrogens (tertiary/aromatic N) is 1. The van der Waals surface area contributed by atoms with Crippen molar-refractivity contribution in [3.63, 3.8) is 0 Å². The van der Waals surface area contributed by atoms with Crippen LogP contribution in [0.1, 0.15) is 0 Å². The second-order valence-electron chi connectivity index (χ2n) is 3.50. The van der Waals surface area contributed by atoms with Gasteiger partial charge in [-0.3, -0.25) is 4.72 Å². The summed E-state index contributed by atoms with van der Waals surface area (Å²) in [5.74, 6) is 0.763. The van der Waals surface area contributed by atoms with Crippen molar-refractivity contribution in [1.29, 1.82) is 0 Å². The Balaban J connectivity index is 2.31. The van der Waals surface area contributed by atoms with E-state index < -0.39 is 10.0 Å². The van der Waals surface area contributed by atoms with E-state index in [0.29, 0.717) is 5.75 Å². The average Bonchev–Trinajstić information content (AvgIpc) is 2.39. The third-order valence-electron chi connectivity index (χ3n) is 2.26. The van der Waals surface area contributed by atoms with Crippen LogP contribution in [0.5, 0.6) is 5.75 Å². The Labute approximate surface area is 105 Å². The predicted molar refractivity (Wildman–Crippen MR) is 68.0 cm³/mol. The third kappa shape index (κ3) is 2.78. The zero-order valence-corrected chi connectivity index (χ0v) is 10.5. The number of sulfonamides is 1. The second-order valence-corrected chi connectivity index (χ2v) is 5.18. The fraction of sp³-hybridized carbons (Fsp3) is 0.0833. The molecule has 0 aliphatic rings. The van der Waals surface area contributed by atoms with Crippen molar-refractivity contribution >= 4 is 15.8 Å². The zero-order chi connectivity index (χ0) is 13.0. The van der Waals surface area contributed by atoms with Crippen LogP contribution in [0.15, 0.2) is 53.6 Å². The van der Waals surface area contributed by atoms with E-state index in [1.807, 2.05) is 0 Å². The molecule has 0 spiro atoms. The van der Waals surface area contributed by atoms with Gasteiger partial charge >= 0.3 is 0 Å². The Hall–Kier alpha value is -2.08. The lowest BCUT2D eigenvalue weighted by Gasteiger charge is -2.08. The van der Waals surface area contributed by atoms with Crippen LogP contribution in [-0.4, -0.2) is 20.5 Å². The molecule has 0 aliphatic carbocycles. The average molecular weight is 264 g/mol. The highest BCUT2D eigenvalue weighted by Crippen LogP contribution is 2.19. The molecule has 1 aromatic heterocycles. The van der Waals surface area contributed by atoms with E-state index >= 15 is 0 Å². The van der Waals surface area contributed by atoms with Crippen LogP contribution < -0.4 is 9.46 Å². The van der Waals surface area contributed by atoms with Gasteiger partial charge in [-0.05, 0) is 24.3 Å². The molecule has 2 aromatic rings. The fourth-order valence-electron chi connectivity index (χ4n) is 1.39. The van der Waals surface area contributed by atoms with Crippen molar-refractivity contribution < 1.29 is 13.2 Å². The summed E-state index contributed by atoms with van der Waals surface area (Å²) in [6.07, 6.45) is 1.52. The van der Waals surface area contributed by atoms with E-state index in [0.717, 1.165) is 0 Å². The Kier molecular flexibility index (Phi) is 3.47. The van der Waals surface area contributed by atoms with Crippen molar-refractivity contribution in [3.8, 4) is 5.75 Å². The molecule has 1 heterocycles. The van der Waals surface area contributed by atoms with Crippen molar-refractivity contribution in [2.24, 2.45) is 0 Å². The van der Waals surface area contributed by atoms with Crippen molar-refractivity contribution in [3.05, 3.63) is 48.7 Å². The van der Waals surface area contributed by atoms with Gasteiger partial charge < -0.3 is 4.74 Å². The van der Waals surface area contributed by atoms with Gasteiger partial charge in [-0.25, -0.2) is 13.4 Å². The molecule has 1 aromatic carbocycles.